The van der Waals surface area contributed by atoms with Gasteiger partial charge in [0.1, 0.15) is 19.0 Å². The molecule has 7 heteroatoms. The Morgan fingerprint density at radius 2 is 2.00 bits per heavy atom. The van der Waals surface area contributed by atoms with Gasteiger partial charge in [-0.2, -0.15) is 4.98 Å². The zero-order valence-corrected chi connectivity index (χ0v) is 11.5. The van der Waals surface area contributed by atoms with Crippen LogP contribution in [0.1, 0.15) is 0 Å². The molecule has 0 unspecified atom stereocenters. The Bertz CT molecular complexity index is 621. The number of nitrogens with one attached hydrogen (secondary N) is 1. The van der Waals surface area contributed by atoms with Gasteiger partial charge in [-0.1, -0.05) is 0 Å². The molecule has 0 radical (unpaired) electrons. The van der Waals surface area contributed by atoms with Gasteiger partial charge in [0.05, 0.1) is 4.47 Å². The minimum absolute atomic E-state index is 0.211. The summed E-state index contributed by atoms with van der Waals surface area (Å²) in [7, 11) is 0. The molecule has 0 bridgehead atoms. The normalized spacial score (nSPS) is 13.1. The van der Waals surface area contributed by atoms with E-state index in [-0.39, 0.29) is 5.95 Å². The zero-order valence-electron chi connectivity index (χ0n) is 9.89. The van der Waals surface area contributed by atoms with Crippen LogP contribution < -0.4 is 20.5 Å². The van der Waals surface area contributed by atoms with Gasteiger partial charge in [-0.15, -0.1) is 0 Å². The Kier molecular flexibility index (Phi) is 3.12. The molecule has 2 heterocycles. The molecule has 19 heavy (non-hydrogen) atoms. The molecular formula is C12H11BrN4O2. The highest BCUT2D eigenvalue weighted by atomic mass is 79.9. The predicted molar refractivity (Wildman–Crippen MR) is 74.9 cm³/mol. The fraction of sp³-hybridized carbons (Fsp3) is 0.167. The molecule has 0 atom stereocenters. The molecule has 1 aliphatic heterocycles. The van der Waals surface area contributed by atoms with E-state index < -0.39 is 0 Å². The average molecular weight is 323 g/mol. The maximum Gasteiger partial charge on any atom is 0.222 e. The quantitative estimate of drug-likeness (QED) is 0.883. The number of nitrogen functional groups attached to an aromatic ring is 1. The third kappa shape index (κ3) is 2.55. The summed E-state index contributed by atoms with van der Waals surface area (Å²) in [5.41, 5.74) is 6.40. The van der Waals surface area contributed by atoms with Crippen molar-refractivity contribution in [2.24, 2.45) is 0 Å². The third-order valence-corrected chi connectivity index (χ3v) is 3.15. The summed E-state index contributed by atoms with van der Waals surface area (Å²) in [4.78, 5) is 8.00. The van der Waals surface area contributed by atoms with Crippen LogP contribution in [-0.4, -0.2) is 23.2 Å². The molecule has 1 aromatic carbocycles. The summed E-state index contributed by atoms with van der Waals surface area (Å²) >= 11 is 3.36. The zero-order chi connectivity index (χ0) is 13.2. The van der Waals surface area contributed by atoms with Crippen LogP contribution in [0.5, 0.6) is 11.5 Å². The van der Waals surface area contributed by atoms with Gasteiger partial charge in [0.15, 0.2) is 11.5 Å². The highest BCUT2D eigenvalue weighted by Crippen LogP contribution is 2.34. The van der Waals surface area contributed by atoms with E-state index in [1.165, 1.54) is 0 Å². The number of hydrogen-bond acceptors (Lipinski definition) is 6. The van der Waals surface area contributed by atoms with Gasteiger partial charge < -0.3 is 20.5 Å². The Hall–Kier alpha value is -2.02. The molecular weight excluding hydrogens is 312 g/mol. The standard InChI is InChI=1S/C12H11BrN4O2/c13-8-6-15-12(14)17-11(8)16-7-1-2-9-10(5-7)19-4-3-18-9/h1-2,5-6H,3-4H2,(H3,14,15,16,17). The summed E-state index contributed by atoms with van der Waals surface area (Å²) in [6.07, 6.45) is 1.60. The number of halogens is 1. The minimum Gasteiger partial charge on any atom is -0.486 e. The number of nitrogens with zero attached hydrogens (tertiary/aromatic N) is 2. The molecule has 0 aliphatic carbocycles. The highest BCUT2D eigenvalue weighted by molar-refractivity contribution is 9.10. The van der Waals surface area contributed by atoms with E-state index in [0.717, 1.165) is 21.7 Å². The highest BCUT2D eigenvalue weighted by Gasteiger charge is 2.12. The van der Waals surface area contributed by atoms with Crippen molar-refractivity contribution in [2.45, 2.75) is 0 Å². The van der Waals surface area contributed by atoms with E-state index in [1.54, 1.807) is 6.20 Å². The van der Waals surface area contributed by atoms with E-state index in [2.05, 4.69) is 31.2 Å². The average Bonchev–Trinajstić information content (AvgIpc) is 2.43. The second-order valence-electron chi connectivity index (χ2n) is 3.91. The van der Waals surface area contributed by atoms with Crippen molar-refractivity contribution in [3.05, 3.63) is 28.9 Å². The SMILES string of the molecule is Nc1ncc(Br)c(Nc2ccc3c(c2)OCCO3)n1. The number of anilines is 3. The second-order valence-corrected chi connectivity index (χ2v) is 4.76. The maximum absolute atomic E-state index is 5.56. The van der Waals surface area contributed by atoms with E-state index in [1.807, 2.05) is 18.2 Å². The molecule has 1 aromatic heterocycles. The predicted octanol–water partition coefficient (Wildman–Crippen LogP) is 2.34. The van der Waals surface area contributed by atoms with E-state index in [9.17, 15) is 0 Å². The van der Waals surface area contributed by atoms with Gasteiger partial charge in [-0.25, -0.2) is 4.98 Å². The molecule has 0 fully saturated rings. The summed E-state index contributed by atoms with van der Waals surface area (Å²) in [5, 5.41) is 3.15. The van der Waals surface area contributed by atoms with E-state index >= 15 is 0 Å². The second kappa shape index (κ2) is 4.93. The lowest BCUT2D eigenvalue weighted by molar-refractivity contribution is 0.171. The van der Waals surface area contributed by atoms with Gasteiger partial charge in [0.2, 0.25) is 5.95 Å². The summed E-state index contributed by atoms with van der Waals surface area (Å²) < 4.78 is 11.7. The number of fused-ring (bicyclic) bond motifs is 1. The number of hydrogen-bond donors (Lipinski definition) is 2. The van der Waals surface area contributed by atoms with E-state index in [0.29, 0.717) is 19.0 Å². The molecule has 3 N–H and O–H groups in total. The largest absolute Gasteiger partial charge is 0.486 e. The molecule has 1 aliphatic rings. The van der Waals surface area contributed by atoms with Crippen LogP contribution in [0.4, 0.5) is 17.5 Å². The Morgan fingerprint density at radius 3 is 2.84 bits per heavy atom. The van der Waals surface area contributed by atoms with Gasteiger partial charge in [-0.3, -0.25) is 0 Å². The first-order chi connectivity index (χ1) is 9.22. The fourth-order valence-electron chi connectivity index (χ4n) is 1.73. The van der Waals surface area contributed by atoms with Gasteiger partial charge in [0, 0.05) is 18.0 Å². The Balaban J connectivity index is 1.89. The molecule has 0 saturated carbocycles. The first-order valence-corrected chi connectivity index (χ1v) is 6.46. The maximum atomic E-state index is 5.56. The van der Waals surface area contributed by atoms with Gasteiger partial charge in [-0.05, 0) is 28.1 Å². The summed E-state index contributed by atoms with van der Waals surface area (Å²) in [6, 6.07) is 5.60. The fourth-order valence-corrected chi connectivity index (χ4v) is 2.02. The lowest BCUT2D eigenvalue weighted by Gasteiger charge is -2.19. The van der Waals surface area contributed by atoms with E-state index in [4.69, 9.17) is 15.2 Å². The summed E-state index contributed by atoms with van der Waals surface area (Å²) in [5.74, 6) is 2.28. The lowest BCUT2D eigenvalue weighted by atomic mass is 10.2. The molecule has 2 aromatic rings. The van der Waals surface area contributed by atoms with Crippen molar-refractivity contribution in [2.75, 3.05) is 24.3 Å². The Morgan fingerprint density at radius 1 is 1.21 bits per heavy atom. The first kappa shape index (κ1) is 12.0. The van der Waals surface area contributed by atoms with Gasteiger partial charge in [0.25, 0.3) is 0 Å². The monoisotopic (exact) mass is 322 g/mol. The smallest absolute Gasteiger partial charge is 0.222 e. The number of nitrogens with two attached hydrogens (primary N) is 1. The van der Waals surface area contributed by atoms with Crippen LogP contribution >= 0.6 is 15.9 Å². The molecule has 6 nitrogen and oxygen atoms in total. The van der Waals surface area contributed by atoms with Crippen molar-refractivity contribution in [3.63, 3.8) is 0 Å². The van der Waals surface area contributed by atoms with Crippen molar-refractivity contribution in [1.29, 1.82) is 0 Å². The van der Waals surface area contributed by atoms with Crippen molar-refractivity contribution < 1.29 is 9.47 Å². The summed E-state index contributed by atoms with van der Waals surface area (Å²) in [6.45, 7) is 1.13. The number of rotatable bonds is 2. The first-order valence-electron chi connectivity index (χ1n) is 5.67. The molecule has 3 rings (SSSR count). The topological polar surface area (TPSA) is 82.3 Å². The van der Waals surface area contributed by atoms with Crippen molar-refractivity contribution in [3.8, 4) is 11.5 Å². The van der Waals surface area contributed by atoms with Crippen LogP contribution in [0.3, 0.4) is 0 Å². The lowest BCUT2D eigenvalue weighted by Crippen LogP contribution is -2.15. The minimum atomic E-state index is 0.211. The molecule has 0 saturated heterocycles. The number of ether oxygens (including phenoxy) is 2. The number of aromatic nitrogens is 2. The molecule has 0 spiro atoms. The van der Waals surface area contributed by atoms with Crippen LogP contribution in [0.25, 0.3) is 0 Å². The molecule has 98 valence electrons. The third-order valence-electron chi connectivity index (χ3n) is 2.57. The van der Waals surface area contributed by atoms with Crippen LogP contribution in [0, 0.1) is 0 Å². The van der Waals surface area contributed by atoms with Crippen molar-refractivity contribution in [1.82, 2.24) is 9.97 Å². The van der Waals surface area contributed by atoms with Crippen LogP contribution in [-0.2, 0) is 0 Å². The van der Waals surface area contributed by atoms with Gasteiger partial charge >= 0.3 is 0 Å². The Labute approximate surface area is 118 Å². The van der Waals surface area contributed by atoms with Crippen LogP contribution in [0.2, 0.25) is 0 Å². The molecule has 0 amide bonds. The number of benzene rings is 1. The van der Waals surface area contributed by atoms with Crippen molar-refractivity contribution >= 4 is 33.4 Å². The van der Waals surface area contributed by atoms with Crippen LogP contribution in [0.15, 0.2) is 28.9 Å².